The third kappa shape index (κ3) is 6.73. The van der Waals surface area contributed by atoms with Gasteiger partial charge in [-0.15, -0.1) is 0 Å². The molecule has 0 bridgehead atoms. The van der Waals surface area contributed by atoms with Crippen LogP contribution in [0.4, 0.5) is 4.79 Å². The molecule has 1 aromatic heterocycles. The molecule has 5 rings (SSSR count). The van der Waals surface area contributed by atoms with E-state index in [9.17, 15) is 4.79 Å². The van der Waals surface area contributed by atoms with Crippen molar-refractivity contribution in [2.45, 2.75) is 25.3 Å². The number of aromatic nitrogens is 1. The molecule has 4 aromatic rings. The second-order valence-electron chi connectivity index (χ2n) is 9.81. The van der Waals surface area contributed by atoms with Crippen molar-refractivity contribution in [3.63, 3.8) is 0 Å². The van der Waals surface area contributed by atoms with Crippen LogP contribution >= 0.6 is 23.2 Å². The maximum Gasteiger partial charge on any atom is 0.416 e. The number of ether oxygens (including phenoxy) is 3. The van der Waals surface area contributed by atoms with Crippen LogP contribution in [0.2, 0.25) is 10.0 Å². The zero-order valence-electron chi connectivity index (χ0n) is 22.8. The van der Waals surface area contributed by atoms with Crippen LogP contribution in [0, 0.1) is 0 Å². The summed E-state index contributed by atoms with van der Waals surface area (Å²) in [5.74, 6) is 1.63. The smallest absolute Gasteiger partial charge is 0.416 e. The molecule has 1 amide bonds. The zero-order valence-corrected chi connectivity index (χ0v) is 24.3. The first kappa shape index (κ1) is 29.1. The second-order valence-corrected chi connectivity index (χ2v) is 10.7. The molecule has 8 nitrogen and oxygen atoms in total. The molecule has 1 atom stereocenters. The largest absolute Gasteiger partial charge is 0.493 e. The van der Waals surface area contributed by atoms with Crippen LogP contribution in [0.1, 0.15) is 35.7 Å². The SMILES string of the molecule is COc1cc(C2c3[nH]c4ccc(Cl)cc4c3CCN2C(=O)Oc2ccc(Cl)cc2)ccc1OCCCCNCCO. The van der Waals surface area contributed by atoms with Gasteiger partial charge in [0.15, 0.2) is 11.5 Å². The van der Waals surface area contributed by atoms with Crippen molar-refractivity contribution in [1.29, 1.82) is 0 Å². The number of carbonyl (C=O) groups is 1. The molecule has 10 heteroatoms. The monoisotopic (exact) mass is 597 g/mol. The highest BCUT2D eigenvalue weighted by Crippen LogP contribution is 2.42. The Kier molecular flexibility index (Phi) is 9.57. The summed E-state index contributed by atoms with van der Waals surface area (Å²) in [5.41, 5.74) is 3.84. The fraction of sp³-hybridized carbons (Fsp3) is 0.323. The van der Waals surface area contributed by atoms with E-state index in [1.807, 2.05) is 36.4 Å². The first-order chi connectivity index (χ1) is 20.0. The van der Waals surface area contributed by atoms with Crippen molar-refractivity contribution in [2.75, 3.05) is 40.0 Å². The molecule has 0 aliphatic carbocycles. The van der Waals surface area contributed by atoms with Crippen LogP contribution in [0.25, 0.3) is 10.9 Å². The van der Waals surface area contributed by atoms with Crippen molar-refractivity contribution in [3.8, 4) is 17.2 Å². The van der Waals surface area contributed by atoms with Gasteiger partial charge in [-0.25, -0.2) is 4.79 Å². The Bertz CT molecular complexity index is 1490. The van der Waals surface area contributed by atoms with Gasteiger partial charge < -0.3 is 29.6 Å². The number of H-pyrrole nitrogens is 1. The Hall–Kier alpha value is -3.43. The van der Waals surface area contributed by atoms with Gasteiger partial charge in [-0.1, -0.05) is 29.3 Å². The van der Waals surface area contributed by atoms with Crippen LogP contribution < -0.4 is 19.5 Å². The van der Waals surface area contributed by atoms with Crippen LogP contribution in [-0.2, 0) is 6.42 Å². The molecule has 0 saturated heterocycles. The molecular weight excluding hydrogens is 565 g/mol. The number of nitrogens with one attached hydrogen (secondary N) is 2. The number of hydrogen-bond acceptors (Lipinski definition) is 6. The molecule has 0 spiro atoms. The predicted octanol–water partition coefficient (Wildman–Crippen LogP) is 6.37. The molecular formula is C31H33Cl2N3O5. The number of aliphatic hydroxyl groups is 1. The number of methoxy groups -OCH3 is 1. The summed E-state index contributed by atoms with van der Waals surface area (Å²) in [6.07, 6.45) is 1.97. The zero-order chi connectivity index (χ0) is 28.8. The number of aromatic amines is 1. The maximum atomic E-state index is 13.6. The Morgan fingerprint density at radius 2 is 1.83 bits per heavy atom. The normalized spacial score (nSPS) is 14.6. The third-order valence-corrected chi connectivity index (χ3v) is 7.63. The molecule has 1 aliphatic heterocycles. The number of halogens is 2. The minimum absolute atomic E-state index is 0.130. The molecule has 216 valence electrons. The average molecular weight is 599 g/mol. The Morgan fingerprint density at radius 3 is 2.61 bits per heavy atom. The first-order valence-electron chi connectivity index (χ1n) is 13.6. The summed E-state index contributed by atoms with van der Waals surface area (Å²) in [4.78, 5) is 18.8. The number of amides is 1. The lowest BCUT2D eigenvalue weighted by atomic mass is 9.92. The standard InChI is InChI=1S/C31H33Cl2N3O5/c1-39-28-18-20(4-11-27(28)40-17-3-2-13-34-14-16-37)30-29-24(25-19-22(33)7-10-26(25)35-29)12-15-36(30)31(38)41-23-8-5-21(32)6-9-23/h4-11,18-19,30,34-35,37H,2-3,12-17H2,1H3. The van der Waals surface area contributed by atoms with Gasteiger partial charge in [-0.2, -0.15) is 0 Å². The summed E-state index contributed by atoms with van der Waals surface area (Å²) >= 11 is 12.4. The average Bonchev–Trinajstić information content (AvgIpc) is 3.35. The highest BCUT2D eigenvalue weighted by Gasteiger charge is 2.36. The Labute approximate surface area is 249 Å². The van der Waals surface area contributed by atoms with Crippen LogP contribution in [0.3, 0.4) is 0 Å². The van der Waals surface area contributed by atoms with Gasteiger partial charge in [0, 0.05) is 39.7 Å². The molecule has 0 saturated carbocycles. The lowest BCUT2D eigenvalue weighted by Gasteiger charge is -2.35. The number of unbranched alkanes of at least 4 members (excludes halogenated alkanes) is 1. The van der Waals surface area contributed by atoms with Gasteiger partial charge in [0.25, 0.3) is 0 Å². The molecule has 0 fully saturated rings. The van der Waals surface area contributed by atoms with Crippen LogP contribution in [0.15, 0.2) is 60.7 Å². The van der Waals surface area contributed by atoms with Gasteiger partial charge >= 0.3 is 6.09 Å². The van der Waals surface area contributed by atoms with Crippen molar-refractivity contribution < 1.29 is 24.1 Å². The molecule has 2 heterocycles. The number of benzene rings is 3. The number of aliphatic hydroxyl groups excluding tert-OH is 1. The summed E-state index contributed by atoms with van der Waals surface area (Å²) in [7, 11) is 1.61. The van der Waals surface area contributed by atoms with E-state index in [2.05, 4.69) is 10.3 Å². The Morgan fingerprint density at radius 1 is 1.02 bits per heavy atom. The molecule has 1 unspecified atom stereocenters. The highest BCUT2D eigenvalue weighted by atomic mass is 35.5. The lowest BCUT2D eigenvalue weighted by molar-refractivity contribution is 0.135. The maximum absolute atomic E-state index is 13.6. The van der Waals surface area contributed by atoms with Crippen LogP contribution in [0.5, 0.6) is 17.2 Å². The molecule has 3 aromatic carbocycles. The highest BCUT2D eigenvalue weighted by molar-refractivity contribution is 6.31. The van der Waals surface area contributed by atoms with Crippen molar-refractivity contribution in [3.05, 3.63) is 87.5 Å². The van der Waals surface area contributed by atoms with Crippen molar-refractivity contribution in [2.24, 2.45) is 0 Å². The molecule has 1 aliphatic rings. The number of rotatable bonds is 11. The molecule has 0 radical (unpaired) electrons. The minimum atomic E-state index is -0.464. The summed E-state index contributed by atoms with van der Waals surface area (Å²) in [5, 5.41) is 14.3. The molecule has 3 N–H and O–H groups in total. The van der Waals surface area contributed by atoms with Gasteiger partial charge in [0.05, 0.1) is 20.3 Å². The van der Waals surface area contributed by atoms with E-state index in [0.29, 0.717) is 53.4 Å². The topological polar surface area (TPSA) is 96.1 Å². The summed E-state index contributed by atoms with van der Waals surface area (Å²) in [6.45, 7) is 2.53. The van der Waals surface area contributed by atoms with Gasteiger partial charge in [0.2, 0.25) is 0 Å². The van der Waals surface area contributed by atoms with Gasteiger partial charge in [-0.05, 0) is 91.5 Å². The first-order valence-corrected chi connectivity index (χ1v) is 14.4. The number of hydrogen-bond donors (Lipinski definition) is 3. The van der Waals surface area contributed by atoms with E-state index in [1.54, 1.807) is 36.3 Å². The van der Waals surface area contributed by atoms with Crippen molar-refractivity contribution in [1.82, 2.24) is 15.2 Å². The van der Waals surface area contributed by atoms with Gasteiger partial charge in [0.1, 0.15) is 11.8 Å². The van der Waals surface area contributed by atoms with Crippen LogP contribution in [-0.4, -0.2) is 61.0 Å². The van der Waals surface area contributed by atoms with Crippen molar-refractivity contribution >= 4 is 40.2 Å². The van der Waals surface area contributed by atoms with E-state index in [4.69, 9.17) is 42.5 Å². The van der Waals surface area contributed by atoms with E-state index in [-0.39, 0.29) is 6.61 Å². The number of carbonyl (C=O) groups excluding carboxylic acids is 1. The lowest BCUT2D eigenvalue weighted by Crippen LogP contribution is -2.42. The fourth-order valence-corrected chi connectivity index (χ4v) is 5.48. The van der Waals surface area contributed by atoms with E-state index in [0.717, 1.165) is 47.1 Å². The quantitative estimate of drug-likeness (QED) is 0.174. The minimum Gasteiger partial charge on any atom is -0.493 e. The van der Waals surface area contributed by atoms with E-state index < -0.39 is 12.1 Å². The van der Waals surface area contributed by atoms with Gasteiger partial charge in [-0.3, -0.25) is 4.90 Å². The van der Waals surface area contributed by atoms with E-state index >= 15 is 0 Å². The third-order valence-electron chi connectivity index (χ3n) is 7.14. The number of fused-ring (bicyclic) bond motifs is 3. The Balaban J connectivity index is 1.43. The number of nitrogens with zero attached hydrogens (tertiary/aromatic N) is 1. The molecule has 41 heavy (non-hydrogen) atoms. The second kappa shape index (κ2) is 13.5. The predicted molar refractivity (Wildman–Crippen MR) is 161 cm³/mol. The fourth-order valence-electron chi connectivity index (χ4n) is 5.18. The summed E-state index contributed by atoms with van der Waals surface area (Å²) < 4.78 is 17.5. The van der Waals surface area contributed by atoms with E-state index in [1.165, 1.54) is 0 Å². The summed E-state index contributed by atoms with van der Waals surface area (Å²) in [6, 6.07) is 17.8.